The number of carbonyl (C=O) groups excluding carboxylic acids is 2. The first-order valence-electron chi connectivity index (χ1n) is 9.22. The third-order valence-electron chi connectivity index (χ3n) is 4.90. The molecule has 1 fully saturated rings. The van der Waals surface area contributed by atoms with Gasteiger partial charge in [0.2, 0.25) is 5.91 Å². The largest absolute Gasteiger partial charge is 0.346 e. The van der Waals surface area contributed by atoms with Crippen molar-refractivity contribution in [2.75, 3.05) is 0 Å². The zero-order valence-corrected chi connectivity index (χ0v) is 15.7. The average molecular weight is 397 g/mol. The van der Waals surface area contributed by atoms with Crippen LogP contribution < -0.4 is 10.6 Å². The van der Waals surface area contributed by atoms with Gasteiger partial charge in [0.05, 0.1) is 30.5 Å². The van der Waals surface area contributed by atoms with E-state index in [2.05, 4.69) is 26.0 Å². The lowest BCUT2D eigenvalue weighted by Gasteiger charge is -2.32. The summed E-state index contributed by atoms with van der Waals surface area (Å²) < 4.78 is 16.5. The number of nitrogens with zero attached hydrogens (tertiary/aromatic N) is 5. The van der Waals surface area contributed by atoms with E-state index in [-0.39, 0.29) is 35.4 Å². The average Bonchev–Trinajstić information content (AvgIpc) is 3.32. The van der Waals surface area contributed by atoms with E-state index in [1.165, 1.54) is 23.0 Å². The van der Waals surface area contributed by atoms with E-state index < -0.39 is 0 Å². The topological polar surface area (TPSA) is 107 Å². The lowest BCUT2D eigenvalue weighted by molar-refractivity contribution is -0.123. The normalized spacial score (nSPS) is 19.0. The molecule has 1 aliphatic heterocycles. The third-order valence-corrected chi connectivity index (χ3v) is 4.90. The minimum atomic E-state index is -0.385. The van der Waals surface area contributed by atoms with E-state index in [4.69, 9.17) is 0 Å². The Bertz CT molecular complexity index is 1040. The summed E-state index contributed by atoms with van der Waals surface area (Å²) in [4.78, 5) is 24.6. The fraction of sp³-hybridized carbons (Fsp3) is 0.316. The first kappa shape index (κ1) is 18.8. The molecule has 0 bridgehead atoms. The Balaban J connectivity index is 1.46. The fourth-order valence-corrected chi connectivity index (χ4v) is 3.47. The van der Waals surface area contributed by atoms with Crippen LogP contribution in [-0.2, 0) is 18.4 Å². The summed E-state index contributed by atoms with van der Waals surface area (Å²) in [6.45, 7) is 0.301. The van der Waals surface area contributed by atoms with E-state index in [0.29, 0.717) is 24.9 Å². The molecule has 3 heterocycles. The lowest BCUT2D eigenvalue weighted by atomic mass is 9.95. The first-order valence-corrected chi connectivity index (χ1v) is 9.22. The maximum atomic E-state index is 13.3. The molecule has 2 aromatic heterocycles. The van der Waals surface area contributed by atoms with Crippen molar-refractivity contribution in [2.24, 2.45) is 7.05 Å². The van der Waals surface area contributed by atoms with Gasteiger partial charge >= 0.3 is 0 Å². The Labute approximate surface area is 165 Å². The number of halogens is 1. The van der Waals surface area contributed by atoms with E-state index >= 15 is 0 Å². The summed E-state index contributed by atoms with van der Waals surface area (Å²) in [5.41, 5.74) is 1.67. The molecule has 0 saturated carbocycles. The zero-order valence-electron chi connectivity index (χ0n) is 15.7. The maximum Gasteiger partial charge on any atom is 0.273 e. The number of aryl methyl sites for hydroxylation is 1. The Morgan fingerprint density at radius 3 is 3.00 bits per heavy atom. The van der Waals surface area contributed by atoms with Gasteiger partial charge < -0.3 is 10.6 Å². The molecule has 1 aromatic carbocycles. The zero-order chi connectivity index (χ0) is 20.4. The van der Waals surface area contributed by atoms with E-state index in [0.717, 1.165) is 5.69 Å². The molecule has 4 rings (SSSR count). The maximum absolute atomic E-state index is 13.3. The molecule has 2 atom stereocenters. The number of rotatable bonds is 5. The highest BCUT2D eigenvalue weighted by Gasteiger charge is 2.33. The van der Waals surface area contributed by atoms with Crippen LogP contribution in [0.4, 0.5) is 4.39 Å². The van der Waals surface area contributed by atoms with Crippen LogP contribution in [0.2, 0.25) is 0 Å². The number of aromatic nitrogens is 5. The van der Waals surface area contributed by atoms with Gasteiger partial charge in [-0.05, 0) is 30.2 Å². The van der Waals surface area contributed by atoms with Crippen LogP contribution in [0.25, 0.3) is 0 Å². The quantitative estimate of drug-likeness (QED) is 0.667. The molecule has 29 heavy (non-hydrogen) atoms. The number of nitrogens with one attached hydrogen (secondary N) is 2. The summed E-state index contributed by atoms with van der Waals surface area (Å²) >= 11 is 0. The predicted molar refractivity (Wildman–Crippen MR) is 100 cm³/mol. The number of piperidine rings is 1. The minimum Gasteiger partial charge on any atom is -0.346 e. The van der Waals surface area contributed by atoms with Gasteiger partial charge in [-0.15, -0.1) is 5.10 Å². The molecule has 1 saturated heterocycles. The number of hydrogen-bond acceptors (Lipinski definition) is 5. The number of hydrogen-bond donors (Lipinski definition) is 2. The molecule has 10 heteroatoms. The molecule has 1 aliphatic rings. The minimum absolute atomic E-state index is 0.0669. The van der Waals surface area contributed by atoms with Gasteiger partial charge in [-0.2, -0.15) is 5.10 Å². The van der Waals surface area contributed by atoms with Gasteiger partial charge in [-0.3, -0.25) is 14.3 Å². The second-order valence-corrected chi connectivity index (χ2v) is 6.97. The summed E-state index contributed by atoms with van der Waals surface area (Å²) in [6, 6.07) is 7.29. The number of benzene rings is 1. The van der Waals surface area contributed by atoms with Crippen molar-refractivity contribution in [3.63, 3.8) is 0 Å². The van der Waals surface area contributed by atoms with Gasteiger partial charge in [0.1, 0.15) is 5.82 Å². The lowest BCUT2D eigenvalue weighted by Crippen LogP contribution is -2.50. The van der Waals surface area contributed by atoms with Gasteiger partial charge in [0.25, 0.3) is 5.91 Å². The molecule has 0 unspecified atom stereocenters. The van der Waals surface area contributed by atoms with Crippen molar-refractivity contribution >= 4 is 11.8 Å². The van der Waals surface area contributed by atoms with E-state index in [9.17, 15) is 14.0 Å². The summed E-state index contributed by atoms with van der Waals surface area (Å²) in [7, 11) is 1.78. The Kier molecular flexibility index (Phi) is 5.07. The first-order chi connectivity index (χ1) is 14.0. The number of carbonyl (C=O) groups is 2. The van der Waals surface area contributed by atoms with Crippen LogP contribution in [0, 0.1) is 5.82 Å². The Morgan fingerprint density at radius 1 is 1.38 bits per heavy atom. The van der Waals surface area contributed by atoms with Gasteiger partial charge in [0.15, 0.2) is 5.69 Å². The highest BCUT2D eigenvalue weighted by Crippen LogP contribution is 2.24. The summed E-state index contributed by atoms with van der Waals surface area (Å²) in [6.07, 6.45) is 3.99. The molecule has 0 radical (unpaired) electrons. The smallest absolute Gasteiger partial charge is 0.273 e. The van der Waals surface area contributed by atoms with Crippen LogP contribution in [0.15, 0.2) is 42.7 Å². The van der Waals surface area contributed by atoms with Crippen LogP contribution in [0.5, 0.6) is 0 Å². The molecular formula is C19H20FN7O2. The fourth-order valence-electron chi connectivity index (χ4n) is 3.47. The monoisotopic (exact) mass is 397 g/mol. The highest BCUT2D eigenvalue weighted by molar-refractivity contribution is 5.92. The van der Waals surface area contributed by atoms with Crippen molar-refractivity contribution in [3.8, 4) is 0 Å². The SMILES string of the molecule is Cn1nccc1[C@@H]1NC(=O)CC[C@H]1NC(=O)c1cn(Cc2cccc(F)c2)nn1. The van der Waals surface area contributed by atoms with E-state index in [1.807, 2.05) is 6.07 Å². The number of amides is 2. The van der Waals surface area contributed by atoms with Gasteiger partial charge in [-0.1, -0.05) is 17.3 Å². The Morgan fingerprint density at radius 2 is 2.24 bits per heavy atom. The van der Waals surface area contributed by atoms with Crippen molar-refractivity contribution < 1.29 is 14.0 Å². The van der Waals surface area contributed by atoms with Crippen LogP contribution >= 0.6 is 0 Å². The van der Waals surface area contributed by atoms with Crippen LogP contribution in [0.3, 0.4) is 0 Å². The molecule has 150 valence electrons. The van der Waals surface area contributed by atoms with Crippen molar-refractivity contribution in [1.29, 1.82) is 0 Å². The summed E-state index contributed by atoms with van der Waals surface area (Å²) in [5, 5.41) is 17.9. The molecule has 3 aromatic rings. The van der Waals surface area contributed by atoms with Crippen LogP contribution in [-0.4, -0.2) is 42.6 Å². The molecule has 0 spiro atoms. The van der Waals surface area contributed by atoms with Crippen molar-refractivity contribution in [2.45, 2.75) is 31.5 Å². The van der Waals surface area contributed by atoms with Gasteiger partial charge in [0, 0.05) is 19.7 Å². The molecule has 2 N–H and O–H groups in total. The molecule has 2 amide bonds. The Hall–Kier alpha value is -3.56. The predicted octanol–water partition coefficient (Wildman–Crippen LogP) is 0.949. The molecule has 9 nitrogen and oxygen atoms in total. The summed E-state index contributed by atoms with van der Waals surface area (Å²) in [5.74, 6) is -0.785. The highest BCUT2D eigenvalue weighted by atomic mass is 19.1. The standard InChI is InChI=1S/C19H20FN7O2/c1-26-16(7-8-21-26)18-14(5-6-17(28)23-18)22-19(29)15-11-27(25-24-15)10-12-3-2-4-13(20)9-12/h2-4,7-9,11,14,18H,5-6,10H2,1H3,(H,22,29)(H,23,28)/t14-,18-/m1/s1. The molecule has 0 aliphatic carbocycles. The van der Waals surface area contributed by atoms with Crippen molar-refractivity contribution in [3.05, 3.63) is 65.5 Å². The second-order valence-electron chi connectivity index (χ2n) is 6.97. The third kappa shape index (κ3) is 4.15. The molecular weight excluding hydrogens is 377 g/mol. The van der Waals surface area contributed by atoms with E-state index in [1.54, 1.807) is 30.1 Å². The van der Waals surface area contributed by atoms with Crippen LogP contribution in [0.1, 0.15) is 40.6 Å². The van der Waals surface area contributed by atoms with Crippen molar-refractivity contribution in [1.82, 2.24) is 35.4 Å². The second kappa shape index (κ2) is 7.82. The van der Waals surface area contributed by atoms with Gasteiger partial charge in [-0.25, -0.2) is 9.07 Å².